The van der Waals surface area contributed by atoms with Gasteiger partial charge in [-0.05, 0) is 33.4 Å². The van der Waals surface area contributed by atoms with E-state index in [9.17, 15) is 0 Å². The molecule has 1 saturated heterocycles. The summed E-state index contributed by atoms with van der Waals surface area (Å²) >= 11 is 0. The molecule has 2 aliphatic heterocycles. The van der Waals surface area contributed by atoms with Crippen molar-refractivity contribution in [3.8, 4) is 0 Å². The van der Waals surface area contributed by atoms with Crippen LogP contribution in [0.25, 0.3) is 0 Å². The van der Waals surface area contributed by atoms with Crippen LogP contribution in [0.3, 0.4) is 0 Å². The first-order chi connectivity index (χ1) is 12.9. The van der Waals surface area contributed by atoms with Crippen molar-refractivity contribution in [1.82, 2.24) is 30.3 Å². The summed E-state index contributed by atoms with van der Waals surface area (Å²) in [6.45, 7) is 7.62. The summed E-state index contributed by atoms with van der Waals surface area (Å²) in [5.41, 5.74) is 0.119. The maximum absolute atomic E-state index is 5.57. The van der Waals surface area contributed by atoms with Crippen LogP contribution in [-0.2, 0) is 17.7 Å². The number of aryl methyl sites for hydroxylation is 1. The van der Waals surface area contributed by atoms with Gasteiger partial charge in [-0.3, -0.25) is 4.99 Å². The minimum absolute atomic E-state index is 0. The normalized spacial score (nSPS) is 22.0. The third-order valence-corrected chi connectivity index (χ3v) is 5.91. The summed E-state index contributed by atoms with van der Waals surface area (Å²) in [7, 11) is 6.15. The Hall–Kier alpha value is -0.940. The molecule has 0 bridgehead atoms. The quantitative estimate of drug-likeness (QED) is 0.360. The van der Waals surface area contributed by atoms with Gasteiger partial charge in [-0.1, -0.05) is 13.8 Å². The molecule has 1 aromatic heterocycles. The molecule has 0 aromatic carbocycles. The first kappa shape index (κ1) is 23.3. The minimum Gasteiger partial charge on any atom is -0.381 e. The number of likely N-dealkylation sites (N-methyl/N-ethyl adjacent to an activating group) is 1. The highest BCUT2D eigenvalue weighted by Gasteiger charge is 2.35. The Morgan fingerprint density at radius 2 is 2.07 bits per heavy atom. The van der Waals surface area contributed by atoms with Gasteiger partial charge in [0.25, 0.3) is 0 Å². The maximum Gasteiger partial charge on any atom is 0.191 e. The molecule has 0 radical (unpaired) electrons. The lowest BCUT2D eigenvalue weighted by atomic mass is 9.88. The Bertz CT molecular complexity index is 653. The van der Waals surface area contributed by atoms with Crippen LogP contribution in [0.1, 0.15) is 50.7 Å². The molecule has 1 unspecified atom stereocenters. The molecule has 0 aliphatic carbocycles. The van der Waals surface area contributed by atoms with Crippen LogP contribution in [0.2, 0.25) is 0 Å². The highest BCUT2D eigenvalue weighted by atomic mass is 127. The highest BCUT2D eigenvalue weighted by Crippen LogP contribution is 2.25. The number of halogens is 1. The van der Waals surface area contributed by atoms with Gasteiger partial charge in [0.05, 0.1) is 6.54 Å². The van der Waals surface area contributed by atoms with E-state index in [2.05, 4.69) is 63.2 Å². The lowest BCUT2D eigenvalue weighted by molar-refractivity contribution is -0.00503. The molecule has 8 nitrogen and oxygen atoms in total. The fourth-order valence-electron chi connectivity index (χ4n) is 3.86. The standard InChI is InChI=1S/C19H35N7O.HI/c1-14(2)17-23-16-7-6-15(12-26(16)24-17)22-18(20-3)21-13-19(25(4)5)8-10-27-11-9-19;/h14-15H,6-13H2,1-5H3,(H2,20,21,22);1H. The highest BCUT2D eigenvalue weighted by molar-refractivity contribution is 14.0. The summed E-state index contributed by atoms with van der Waals surface area (Å²) in [4.78, 5) is 11.4. The number of nitrogens with zero attached hydrogens (tertiary/aromatic N) is 5. The summed E-state index contributed by atoms with van der Waals surface area (Å²) in [5, 5.41) is 11.8. The second-order valence-electron chi connectivity index (χ2n) is 8.26. The van der Waals surface area contributed by atoms with Crippen LogP contribution in [0.15, 0.2) is 4.99 Å². The predicted octanol–water partition coefficient (Wildman–Crippen LogP) is 1.61. The van der Waals surface area contributed by atoms with Gasteiger partial charge in [0, 0.05) is 50.7 Å². The van der Waals surface area contributed by atoms with Gasteiger partial charge in [-0.2, -0.15) is 5.10 Å². The number of fused-ring (bicyclic) bond motifs is 1. The second-order valence-corrected chi connectivity index (χ2v) is 8.26. The van der Waals surface area contributed by atoms with E-state index in [0.717, 1.165) is 69.6 Å². The number of ether oxygens (including phenoxy) is 1. The fourth-order valence-corrected chi connectivity index (χ4v) is 3.86. The number of hydrogen-bond acceptors (Lipinski definition) is 5. The van der Waals surface area contributed by atoms with E-state index >= 15 is 0 Å². The SMILES string of the molecule is CN=C(NCC1(N(C)C)CCOCC1)NC1CCc2nc(C(C)C)nn2C1.I. The number of nitrogens with one attached hydrogen (secondary N) is 2. The van der Waals surface area contributed by atoms with E-state index in [1.54, 1.807) is 0 Å². The molecule has 2 aliphatic rings. The molecular weight excluding hydrogens is 469 g/mol. The van der Waals surface area contributed by atoms with Crippen LogP contribution >= 0.6 is 24.0 Å². The van der Waals surface area contributed by atoms with Crippen molar-refractivity contribution in [3.63, 3.8) is 0 Å². The van der Waals surface area contributed by atoms with Crippen LogP contribution in [0.4, 0.5) is 0 Å². The molecule has 3 rings (SSSR count). The van der Waals surface area contributed by atoms with E-state index in [1.807, 2.05) is 7.05 Å². The Labute approximate surface area is 185 Å². The zero-order chi connectivity index (χ0) is 19.4. The Morgan fingerprint density at radius 1 is 1.36 bits per heavy atom. The van der Waals surface area contributed by atoms with Gasteiger partial charge in [0.1, 0.15) is 5.82 Å². The molecule has 0 spiro atoms. The first-order valence-corrected chi connectivity index (χ1v) is 10.1. The van der Waals surface area contributed by atoms with Gasteiger partial charge in [0.15, 0.2) is 11.8 Å². The third kappa shape index (κ3) is 5.35. The minimum atomic E-state index is 0. The molecule has 1 fully saturated rings. The van der Waals surface area contributed by atoms with Crippen molar-refractivity contribution < 1.29 is 4.74 Å². The van der Waals surface area contributed by atoms with Crippen molar-refractivity contribution in [2.24, 2.45) is 4.99 Å². The van der Waals surface area contributed by atoms with Crippen molar-refractivity contribution in [2.75, 3.05) is 40.9 Å². The summed E-state index contributed by atoms with van der Waals surface area (Å²) in [6, 6.07) is 0.315. The summed E-state index contributed by atoms with van der Waals surface area (Å²) in [5.74, 6) is 3.28. The summed E-state index contributed by atoms with van der Waals surface area (Å²) < 4.78 is 7.62. The van der Waals surface area contributed by atoms with Crippen molar-refractivity contribution in [1.29, 1.82) is 0 Å². The number of hydrogen-bond donors (Lipinski definition) is 2. The molecule has 3 heterocycles. The lowest BCUT2D eigenvalue weighted by Crippen LogP contribution is -2.58. The Balaban J connectivity index is 0.00000280. The number of aliphatic imine (C=N–C) groups is 1. The number of aromatic nitrogens is 3. The van der Waals surface area contributed by atoms with Crippen LogP contribution in [-0.4, -0.2) is 78.1 Å². The maximum atomic E-state index is 5.57. The molecular formula is C19H36IN7O. The number of guanidine groups is 1. The Kier molecular flexibility index (Phi) is 8.50. The molecule has 28 heavy (non-hydrogen) atoms. The average molecular weight is 505 g/mol. The Morgan fingerprint density at radius 3 is 2.68 bits per heavy atom. The van der Waals surface area contributed by atoms with Crippen molar-refractivity contribution in [3.05, 3.63) is 11.6 Å². The summed E-state index contributed by atoms with van der Waals surface area (Å²) in [6.07, 6.45) is 4.07. The van der Waals surface area contributed by atoms with Crippen LogP contribution < -0.4 is 10.6 Å². The smallest absolute Gasteiger partial charge is 0.191 e. The van der Waals surface area contributed by atoms with Crippen molar-refractivity contribution >= 4 is 29.9 Å². The van der Waals surface area contributed by atoms with Crippen LogP contribution in [0.5, 0.6) is 0 Å². The molecule has 1 atom stereocenters. The predicted molar refractivity (Wildman–Crippen MR) is 123 cm³/mol. The molecule has 0 saturated carbocycles. The average Bonchev–Trinajstić information content (AvgIpc) is 3.09. The van der Waals surface area contributed by atoms with Gasteiger partial charge in [0.2, 0.25) is 0 Å². The molecule has 2 N–H and O–H groups in total. The van der Waals surface area contributed by atoms with E-state index in [-0.39, 0.29) is 29.5 Å². The van der Waals surface area contributed by atoms with E-state index in [1.165, 1.54) is 0 Å². The first-order valence-electron chi connectivity index (χ1n) is 10.1. The van der Waals surface area contributed by atoms with E-state index < -0.39 is 0 Å². The molecule has 9 heteroatoms. The zero-order valence-electron chi connectivity index (χ0n) is 17.9. The topological polar surface area (TPSA) is 79.6 Å². The zero-order valence-corrected chi connectivity index (χ0v) is 20.2. The molecule has 1 aromatic rings. The third-order valence-electron chi connectivity index (χ3n) is 5.91. The van der Waals surface area contributed by atoms with Gasteiger partial charge in [-0.25, -0.2) is 9.67 Å². The monoisotopic (exact) mass is 505 g/mol. The van der Waals surface area contributed by atoms with Gasteiger partial charge < -0.3 is 20.3 Å². The molecule has 0 amide bonds. The number of rotatable bonds is 5. The largest absolute Gasteiger partial charge is 0.381 e. The second kappa shape index (κ2) is 10.2. The molecule has 160 valence electrons. The fraction of sp³-hybridized carbons (Fsp3) is 0.842. The van der Waals surface area contributed by atoms with Gasteiger partial charge >= 0.3 is 0 Å². The van der Waals surface area contributed by atoms with E-state index in [0.29, 0.717) is 12.0 Å². The van der Waals surface area contributed by atoms with Gasteiger partial charge in [-0.15, -0.1) is 24.0 Å². The lowest BCUT2D eigenvalue weighted by Gasteiger charge is -2.43. The van der Waals surface area contributed by atoms with Crippen molar-refractivity contribution in [2.45, 2.75) is 63.6 Å². The van der Waals surface area contributed by atoms with E-state index in [4.69, 9.17) is 4.74 Å². The van der Waals surface area contributed by atoms with Crippen LogP contribution in [0, 0.1) is 0 Å².